The molecule has 1 aliphatic rings. The van der Waals surface area contributed by atoms with Gasteiger partial charge in [0.05, 0.1) is 6.42 Å². The predicted molar refractivity (Wildman–Crippen MR) is 75.1 cm³/mol. The quantitative estimate of drug-likeness (QED) is 0.616. The highest BCUT2D eigenvalue weighted by atomic mass is 32.2. The van der Waals surface area contributed by atoms with E-state index in [1.54, 1.807) is 20.8 Å². The van der Waals surface area contributed by atoms with Gasteiger partial charge in [-0.15, -0.1) is 0 Å². The van der Waals surface area contributed by atoms with E-state index >= 15 is 0 Å². The van der Waals surface area contributed by atoms with Gasteiger partial charge < -0.3 is 14.7 Å². The number of hydrogen-bond acceptors (Lipinski definition) is 6. The minimum Gasteiger partial charge on any atom is -0.481 e. The summed E-state index contributed by atoms with van der Waals surface area (Å²) in [5.74, 6) is -2.84. The fourth-order valence-corrected chi connectivity index (χ4v) is 2.82. The van der Waals surface area contributed by atoms with Crippen LogP contribution in [0.25, 0.3) is 0 Å². The van der Waals surface area contributed by atoms with Crippen LogP contribution in [0.4, 0.5) is 0 Å². The van der Waals surface area contributed by atoms with Crippen LogP contribution < -0.4 is 5.14 Å². The Kier molecular flexibility index (Phi) is 5.18. The third kappa shape index (κ3) is 4.95. The fourth-order valence-electron chi connectivity index (χ4n) is 2.07. The minimum absolute atomic E-state index is 0.325. The van der Waals surface area contributed by atoms with Crippen molar-refractivity contribution >= 4 is 27.9 Å². The Balaban J connectivity index is 3.00. The summed E-state index contributed by atoms with van der Waals surface area (Å²) in [7, 11) is -3.95. The number of carboxylic acids is 1. The number of esters is 1. The van der Waals surface area contributed by atoms with Crippen molar-refractivity contribution in [2.75, 3.05) is 6.54 Å². The van der Waals surface area contributed by atoms with Crippen LogP contribution in [0, 0.1) is 0 Å². The maximum absolute atomic E-state index is 12.1. The Morgan fingerprint density at radius 1 is 1.45 bits per heavy atom. The van der Waals surface area contributed by atoms with E-state index in [-0.39, 0.29) is 13.0 Å². The topological polar surface area (TPSA) is 144 Å². The monoisotopic (exact) mass is 336 g/mol. The van der Waals surface area contributed by atoms with Crippen molar-refractivity contribution in [1.82, 2.24) is 4.90 Å². The van der Waals surface area contributed by atoms with Crippen LogP contribution in [-0.4, -0.2) is 59.7 Å². The summed E-state index contributed by atoms with van der Waals surface area (Å²) >= 11 is 0. The van der Waals surface area contributed by atoms with Crippen molar-refractivity contribution in [3.63, 3.8) is 0 Å². The van der Waals surface area contributed by atoms with Crippen molar-refractivity contribution in [3.8, 4) is 0 Å². The van der Waals surface area contributed by atoms with Crippen LogP contribution in [0.1, 0.15) is 33.6 Å². The zero-order valence-electron chi connectivity index (χ0n) is 12.6. The highest BCUT2D eigenvalue weighted by Crippen LogP contribution is 2.22. The number of rotatable bonds is 5. The molecule has 9 nitrogen and oxygen atoms in total. The molecule has 1 unspecified atom stereocenters. The first-order valence-corrected chi connectivity index (χ1v) is 8.18. The number of likely N-dealkylation sites (tertiary alicyclic amines) is 1. The molecule has 0 radical (unpaired) electrons. The lowest BCUT2D eigenvalue weighted by Gasteiger charge is -2.29. The van der Waals surface area contributed by atoms with Gasteiger partial charge in [0.2, 0.25) is 15.9 Å². The summed E-state index contributed by atoms with van der Waals surface area (Å²) in [4.78, 5) is 35.9. The molecule has 126 valence electrons. The molecule has 0 bridgehead atoms. The lowest BCUT2D eigenvalue weighted by Crippen LogP contribution is -2.47. The smallest absolute Gasteiger partial charge is 0.329 e. The third-order valence-corrected chi connectivity index (χ3v) is 4.26. The number of amides is 1. The Labute approximate surface area is 128 Å². The number of aliphatic carboxylic acids is 1. The molecule has 0 aromatic rings. The van der Waals surface area contributed by atoms with E-state index in [4.69, 9.17) is 15.0 Å². The molecule has 0 aromatic heterocycles. The Morgan fingerprint density at radius 3 is 2.36 bits per heavy atom. The van der Waals surface area contributed by atoms with Gasteiger partial charge >= 0.3 is 11.9 Å². The molecule has 1 saturated heterocycles. The molecule has 1 fully saturated rings. The van der Waals surface area contributed by atoms with Gasteiger partial charge in [0.15, 0.2) is 0 Å². The highest BCUT2D eigenvalue weighted by Gasteiger charge is 2.43. The molecule has 2 atom stereocenters. The van der Waals surface area contributed by atoms with E-state index < -0.39 is 51.2 Å². The summed E-state index contributed by atoms with van der Waals surface area (Å²) < 4.78 is 27.8. The number of hydrogen-bond donors (Lipinski definition) is 2. The Morgan fingerprint density at radius 2 is 2.00 bits per heavy atom. The first-order valence-electron chi connectivity index (χ1n) is 6.57. The first kappa shape index (κ1) is 18.4. The Hall–Kier alpha value is -1.68. The average molecular weight is 336 g/mol. The highest BCUT2D eigenvalue weighted by molar-refractivity contribution is 7.89. The summed E-state index contributed by atoms with van der Waals surface area (Å²) in [6.07, 6.45) is -1.05. The molecule has 0 aliphatic carbocycles. The van der Waals surface area contributed by atoms with Gasteiger partial charge in [0, 0.05) is 13.0 Å². The normalized spacial score (nSPS) is 20.8. The standard InChI is InChI=1S/C12H20N2O7S/c1-12(2,3)21-11(18)8(5-10(16)17)14-6-7(4-9(14)15)22(13,19)20/h7-8H,4-6H2,1-3H3,(H,16,17)(H2,13,19,20)/t7?,8-/m0/s1. The SMILES string of the molecule is CC(C)(C)OC(=O)[C@H](CC(=O)O)N1CC(S(N)(=O)=O)CC1=O. The number of nitrogens with zero attached hydrogens (tertiary/aromatic N) is 1. The van der Waals surface area contributed by atoms with Crippen LogP contribution in [0.3, 0.4) is 0 Å². The molecule has 10 heteroatoms. The summed E-state index contributed by atoms with van der Waals surface area (Å²) in [5.41, 5.74) is -0.865. The van der Waals surface area contributed by atoms with Gasteiger partial charge in [-0.1, -0.05) is 0 Å². The van der Waals surface area contributed by atoms with Crippen LogP contribution in [0.15, 0.2) is 0 Å². The van der Waals surface area contributed by atoms with E-state index in [9.17, 15) is 22.8 Å². The van der Waals surface area contributed by atoms with E-state index in [2.05, 4.69) is 0 Å². The van der Waals surface area contributed by atoms with E-state index in [0.717, 1.165) is 4.90 Å². The van der Waals surface area contributed by atoms with E-state index in [1.807, 2.05) is 0 Å². The summed E-state index contributed by atoms with van der Waals surface area (Å²) in [5, 5.41) is 12.8. The van der Waals surface area contributed by atoms with Crippen LogP contribution in [0.2, 0.25) is 0 Å². The van der Waals surface area contributed by atoms with Crippen molar-refractivity contribution in [1.29, 1.82) is 0 Å². The van der Waals surface area contributed by atoms with E-state index in [1.165, 1.54) is 0 Å². The molecule has 3 N–H and O–H groups in total. The number of nitrogens with two attached hydrogens (primary N) is 1. The first-order chi connectivity index (χ1) is 9.81. The van der Waals surface area contributed by atoms with Gasteiger partial charge in [-0.25, -0.2) is 18.4 Å². The predicted octanol–water partition coefficient (Wildman–Crippen LogP) is -0.939. The van der Waals surface area contributed by atoms with Gasteiger partial charge in [0.25, 0.3) is 0 Å². The van der Waals surface area contributed by atoms with Gasteiger partial charge in [-0.2, -0.15) is 0 Å². The zero-order chi connectivity index (χ0) is 17.3. The number of carbonyl (C=O) groups is 3. The second kappa shape index (κ2) is 6.21. The van der Waals surface area contributed by atoms with Gasteiger partial charge in [-0.3, -0.25) is 9.59 Å². The summed E-state index contributed by atoms with van der Waals surface area (Å²) in [6, 6.07) is -1.38. The number of primary sulfonamides is 1. The zero-order valence-corrected chi connectivity index (χ0v) is 13.4. The Bertz CT molecular complexity index is 579. The van der Waals surface area contributed by atoms with Crippen LogP contribution in [0.5, 0.6) is 0 Å². The molecule has 1 rings (SSSR count). The lowest BCUT2D eigenvalue weighted by atomic mass is 10.1. The lowest BCUT2D eigenvalue weighted by molar-refractivity contribution is -0.166. The molecule has 0 spiro atoms. The van der Waals surface area contributed by atoms with Gasteiger partial charge in [0.1, 0.15) is 16.9 Å². The minimum atomic E-state index is -3.95. The summed E-state index contributed by atoms with van der Waals surface area (Å²) in [6.45, 7) is 4.47. The number of carbonyl (C=O) groups excluding carboxylic acids is 2. The number of carboxylic acid groups (broad SMARTS) is 1. The molecule has 0 saturated carbocycles. The van der Waals surface area contributed by atoms with E-state index in [0.29, 0.717) is 0 Å². The van der Waals surface area contributed by atoms with Crippen LogP contribution >= 0.6 is 0 Å². The van der Waals surface area contributed by atoms with Crippen molar-refractivity contribution in [2.45, 2.75) is 50.5 Å². The van der Waals surface area contributed by atoms with Gasteiger partial charge in [-0.05, 0) is 20.8 Å². The van der Waals surface area contributed by atoms with Crippen molar-refractivity contribution in [2.24, 2.45) is 5.14 Å². The van der Waals surface area contributed by atoms with Crippen LogP contribution in [-0.2, 0) is 29.1 Å². The maximum atomic E-state index is 12.1. The fraction of sp³-hybridized carbons (Fsp3) is 0.750. The molecule has 1 amide bonds. The van der Waals surface area contributed by atoms with Crippen molar-refractivity contribution in [3.05, 3.63) is 0 Å². The molecule has 1 aliphatic heterocycles. The molecule has 1 heterocycles. The average Bonchev–Trinajstić information content (AvgIpc) is 2.65. The second-order valence-corrected chi connectivity index (χ2v) is 7.95. The third-order valence-electron chi connectivity index (χ3n) is 3.01. The number of sulfonamides is 1. The maximum Gasteiger partial charge on any atom is 0.329 e. The molecule has 0 aromatic carbocycles. The second-order valence-electron chi connectivity index (χ2n) is 6.11. The van der Waals surface area contributed by atoms with Crippen molar-refractivity contribution < 1.29 is 32.6 Å². The molecule has 22 heavy (non-hydrogen) atoms. The largest absolute Gasteiger partial charge is 0.481 e. The molecular weight excluding hydrogens is 316 g/mol. The number of ether oxygens (including phenoxy) is 1. The molecular formula is C12H20N2O7S.